The number of nitrogens with zero attached hydrogens (tertiary/aromatic N) is 1. The minimum Gasteiger partial charge on any atom is -0.469 e. The fourth-order valence-corrected chi connectivity index (χ4v) is 1.04. The van der Waals surface area contributed by atoms with Gasteiger partial charge in [-0.2, -0.15) is 5.43 Å². The average molecular weight is 219 g/mol. The van der Waals surface area contributed by atoms with E-state index in [0.717, 1.165) is 0 Å². The molecule has 0 aliphatic carbocycles. The predicted octanol–water partition coefficient (Wildman–Crippen LogP) is -0.698. The zero-order chi connectivity index (χ0) is 12.1. The Morgan fingerprint density at radius 3 is 2.07 bits per heavy atom. The van der Waals surface area contributed by atoms with E-state index in [9.17, 15) is 9.59 Å². The van der Waals surface area contributed by atoms with Crippen LogP contribution in [0.15, 0.2) is 0 Å². The van der Waals surface area contributed by atoms with Crippen LogP contribution < -0.4 is 5.43 Å². The van der Waals surface area contributed by atoms with Gasteiger partial charge in [0, 0.05) is 0 Å². The topological polar surface area (TPSA) is 64.6 Å². The van der Waals surface area contributed by atoms with Crippen LogP contribution >= 0.6 is 0 Å². The second-order valence-corrected chi connectivity index (χ2v) is 4.00. The summed E-state index contributed by atoms with van der Waals surface area (Å²) >= 11 is 0. The van der Waals surface area contributed by atoms with Gasteiger partial charge in [-0.3, -0.25) is 14.2 Å². The monoisotopic (exact) mass is 219 g/mol. The van der Waals surface area contributed by atoms with E-state index in [1.165, 1.54) is 14.2 Å². The van der Waals surface area contributed by atoms with Crippen LogP contribution in [0.2, 0.25) is 0 Å². The van der Waals surface area contributed by atoms with Gasteiger partial charge in [0.15, 0.2) is 6.04 Å². The molecule has 0 saturated heterocycles. The molecule has 0 heterocycles. The molecular weight excluding hydrogens is 200 g/mol. The number of nitrogens with one attached hydrogen (secondary N) is 1. The molecule has 1 N–H and O–H groups in total. The van der Waals surface area contributed by atoms with E-state index in [1.54, 1.807) is 0 Å². The van der Waals surface area contributed by atoms with Crippen molar-refractivity contribution in [1.82, 2.24) is 5.43 Å². The number of quaternary nitrogens is 1. The summed E-state index contributed by atoms with van der Waals surface area (Å²) in [6.45, 7) is 0. The van der Waals surface area contributed by atoms with Crippen molar-refractivity contribution >= 4 is 11.9 Å². The van der Waals surface area contributed by atoms with Crippen molar-refractivity contribution in [3.05, 3.63) is 0 Å². The number of hydrogen-bond acceptors (Lipinski definition) is 5. The van der Waals surface area contributed by atoms with E-state index >= 15 is 0 Å². The number of carbonyl (C=O) groups excluding carboxylic acids is 2. The zero-order valence-electron chi connectivity index (χ0n) is 9.86. The Hall–Kier alpha value is -1.14. The fraction of sp³-hybridized carbons (Fsp3) is 0.778. The molecule has 0 aliphatic heterocycles. The SMILES string of the molecule is COC(=O)CC(N[N+](C)(C)C)C(=O)OC. The number of ether oxygens (including phenoxy) is 2. The first-order chi connectivity index (χ1) is 6.80. The maximum absolute atomic E-state index is 11.3. The standard InChI is InChI=1S/C9H19N2O4/c1-11(2,3)10-7(9(13)15-5)6-8(12)14-4/h7,10H,6H2,1-5H3/q+1. The Kier molecular flexibility index (Phi) is 5.24. The van der Waals surface area contributed by atoms with Crippen molar-refractivity contribution in [2.24, 2.45) is 0 Å². The van der Waals surface area contributed by atoms with E-state index in [2.05, 4.69) is 14.9 Å². The van der Waals surface area contributed by atoms with Gasteiger partial charge < -0.3 is 9.47 Å². The van der Waals surface area contributed by atoms with Crippen LogP contribution in [0.1, 0.15) is 6.42 Å². The molecule has 6 nitrogen and oxygen atoms in total. The number of esters is 2. The molecular formula is C9H19N2O4+. The fourth-order valence-electron chi connectivity index (χ4n) is 1.04. The molecule has 0 bridgehead atoms. The number of rotatable bonds is 5. The molecule has 0 aliphatic rings. The first-order valence-electron chi connectivity index (χ1n) is 4.54. The van der Waals surface area contributed by atoms with E-state index in [0.29, 0.717) is 4.59 Å². The van der Waals surface area contributed by atoms with Gasteiger partial charge in [-0.1, -0.05) is 0 Å². The summed E-state index contributed by atoms with van der Waals surface area (Å²) < 4.78 is 9.42. The molecule has 0 radical (unpaired) electrons. The Labute approximate surface area is 89.7 Å². The lowest BCUT2D eigenvalue weighted by Crippen LogP contribution is -2.56. The predicted molar refractivity (Wildman–Crippen MR) is 53.6 cm³/mol. The number of methoxy groups -OCH3 is 2. The van der Waals surface area contributed by atoms with Crippen LogP contribution in [-0.2, 0) is 19.1 Å². The first-order valence-corrected chi connectivity index (χ1v) is 4.54. The van der Waals surface area contributed by atoms with E-state index in [-0.39, 0.29) is 6.42 Å². The maximum atomic E-state index is 11.3. The second-order valence-electron chi connectivity index (χ2n) is 4.00. The van der Waals surface area contributed by atoms with Crippen molar-refractivity contribution in [3.8, 4) is 0 Å². The first kappa shape index (κ1) is 13.9. The Bertz CT molecular complexity index is 235. The third-order valence-electron chi connectivity index (χ3n) is 1.63. The lowest BCUT2D eigenvalue weighted by molar-refractivity contribution is -0.917. The van der Waals surface area contributed by atoms with Crippen molar-refractivity contribution in [2.75, 3.05) is 35.4 Å². The van der Waals surface area contributed by atoms with Crippen molar-refractivity contribution in [2.45, 2.75) is 12.5 Å². The molecule has 0 rings (SSSR count). The average Bonchev–Trinajstić information content (AvgIpc) is 2.13. The van der Waals surface area contributed by atoms with Crippen LogP contribution in [0, 0.1) is 0 Å². The molecule has 0 aromatic heterocycles. The van der Waals surface area contributed by atoms with E-state index in [4.69, 9.17) is 0 Å². The molecule has 15 heavy (non-hydrogen) atoms. The highest BCUT2D eigenvalue weighted by molar-refractivity contribution is 5.82. The molecule has 0 saturated carbocycles. The van der Waals surface area contributed by atoms with Gasteiger partial charge in [-0.15, -0.1) is 0 Å². The lowest BCUT2D eigenvalue weighted by atomic mass is 10.2. The Morgan fingerprint density at radius 1 is 1.20 bits per heavy atom. The van der Waals surface area contributed by atoms with Gasteiger partial charge in [-0.05, 0) is 0 Å². The van der Waals surface area contributed by atoms with Crippen molar-refractivity contribution in [3.63, 3.8) is 0 Å². The molecule has 0 spiro atoms. The molecule has 1 unspecified atom stereocenters. The largest absolute Gasteiger partial charge is 0.469 e. The van der Waals surface area contributed by atoms with Gasteiger partial charge in [0.05, 0.1) is 41.8 Å². The molecule has 88 valence electrons. The molecule has 1 atom stereocenters. The van der Waals surface area contributed by atoms with Crippen molar-refractivity contribution < 1.29 is 23.7 Å². The van der Waals surface area contributed by atoms with Crippen LogP contribution in [0.5, 0.6) is 0 Å². The van der Waals surface area contributed by atoms with Crippen LogP contribution in [0.25, 0.3) is 0 Å². The smallest absolute Gasteiger partial charge is 0.328 e. The van der Waals surface area contributed by atoms with Gasteiger partial charge in [0.25, 0.3) is 0 Å². The van der Waals surface area contributed by atoms with Gasteiger partial charge in [-0.25, -0.2) is 0 Å². The third-order valence-corrected chi connectivity index (χ3v) is 1.63. The van der Waals surface area contributed by atoms with Crippen LogP contribution in [-0.4, -0.2) is 57.9 Å². The second kappa shape index (κ2) is 5.67. The van der Waals surface area contributed by atoms with Gasteiger partial charge in [0.2, 0.25) is 0 Å². The van der Waals surface area contributed by atoms with Gasteiger partial charge in [0.1, 0.15) is 0 Å². The Morgan fingerprint density at radius 2 is 1.73 bits per heavy atom. The van der Waals surface area contributed by atoms with Crippen molar-refractivity contribution in [1.29, 1.82) is 0 Å². The molecule has 0 amide bonds. The number of hydrogen-bond donors (Lipinski definition) is 1. The highest BCUT2D eigenvalue weighted by atomic mass is 16.5. The molecule has 0 aromatic rings. The summed E-state index contributed by atoms with van der Waals surface area (Å²) in [6, 6.07) is -0.692. The Balaban J connectivity index is 4.45. The third kappa shape index (κ3) is 6.03. The summed E-state index contributed by atoms with van der Waals surface area (Å²) in [7, 11) is 8.08. The molecule has 0 fully saturated rings. The summed E-state index contributed by atoms with van der Waals surface area (Å²) in [5.74, 6) is -0.931. The zero-order valence-corrected chi connectivity index (χ0v) is 9.86. The lowest BCUT2D eigenvalue weighted by Gasteiger charge is -2.28. The summed E-state index contributed by atoms with van der Waals surface area (Å²) in [6.07, 6.45) is -0.0430. The van der Waals surface area contributed by atoms with Gasteiger partial charge >= 0.3 is 11.9 Å². The summed E-state index contributed by atoms with van der Waals surface area (Å²) in [5.41, 5.74) is 2.93. The minimum absolute atomic E-state index is 0.0430. The molecule has 6 heteroatoms. The molecule has 0 aromatic carbocycles. The summed E-state index contributed by atoms with van der Waals surface area (Å²) in [4.78, 5) is 22.4. The van der Waals surface area contributed by atoms with Crippen LogP contribution in [0.4, 0.5) is 0 Å². The highest BCUT2D eigenvalue weighted by Gasteiger charge is 2.28. The van der Waals surface area contributed by atoms with E-state index < -0.39 is 18.0 Å². The number of carbonyl (C=O) groups is 2. The maximum Gasteiger partial charge on any atom is 0.328 e. The van der Waals surface area contributed by atoms with E-state index in [1.807, 2.05) is 21.1 Å². The highest BCUT2D eigenvalue weighted by Crippen LogP contribution is 2.00. The normalized spacial score (nSPS) is 13.1. The quantitative estimate of drug-likeness (QED) is 0.376. The van der Waals surface area contributed by atoms with Crippen LogP contribution in [0.3, 0.4) is 0 Å². The minimum atomic E-state index is -0.692. The summed E-state index contributed by atoms with van der Waals surface area (Å²) in [5, 5.41) is 0.